The van der Waals surface area contributed by atoms with Crippen LogP contribution < -0.4 is 10.1 Å². The maximum atomic E-state index is 12.1. The number of hydrogen-bond acceptors (Lipinski definition) is 10. The molecule has 5 atom stereocenters. The van der Waals surface area contributed by atoms with Gasteiger partial charge in [0.25, 0.3) is 5.09 Å². The monoisotopic (exact) mass is 646 g/mol. The molecule has 0 spiro atoms. The van der Waals surface area contributed by atoms with E-state index in [9.17, 15) is 35.0 Å². The first-order valence-electron chi connectivity index (χ1n) is 14.6. The van der Waals surface area contributed by atoms with Crippen molar-refractivity contribution in [2.24, 2.45) is 11.8 Å². The largest absolute Gasteiger partial charge is 0.491 e. The average Bonchev–Trinajstić information content (AvgIpc) is 3.28. The first-order chi connectivity index (χ1) is 21.6. The van der Waals surface area contributed by atoms with E-state index in [2.05, 4.69) is 10.2 Å². The van der Waals surface area contributed by atoms with E-state index in [1.54, 1.807) is 60.7 Å². The molecule has 0 heterocycles. The van der Waals surface area contributed by atoms with Crippen LogP contribution in [-0.2, 0) is 32.4 Å². The van der Waals surface area contributed by atoms with E-state index in [4.69, 9.17) is 21.1 Å². The lowest BCUT2D eigenvalue weighted by Gasteiger charge is -2.19. The van der Waals surface area contributed by atoms with Crippen molar-refractivity contribution >= 4 is 23.5 Å². The molecule has 0 radical (unpaired) electrons. The highest BCUT2D eigenvalue weighted by Gasteiger charge is 2.39. The molecule has 45 heavy (non-hydrogen) atoms. The van der Waals surface area contributed by atoms with Gasteiger partial charge in [-0.1, -0.05) is 66.2 Å². The van der Waals surface area contributed by atoms with Crippen LogP contribution >= 0.6 is 11.6 Å². The molecule has 1 fully saturated rings. The number of nitrogens with zero attached hydrogens (tertiary/aromatic N) is 1. The number of benzene rings is 2. The van der Waals surface area contributed by atoms with Crippen molar-refractivity contribution in [1.29, 1.82) is 0 Å². The van der Waals surface area contributed by atoms with Gasteiger partial charge in [0.05, 0.1) is 12.2 Å². The van der Waals surface area contributed by atoms with Gasteiger partial charge in [-0.2, -0.15) is 0 Å². The zero-order valence-corrected chi connectivity index (χ0v) is 25.5. The van der Waals surface area contributed by atoms with E-state index in [1.165, 1.54) is 0 Å². The van der Waals surface area contributed by atoms with Crippen LogP contribution in [0.3, 0.4) is 0 Å². The van der Waals surface area contributed by atoms with E-state index in [1.807, 2.05) is 12.2 Å². The molecule has 0 saturated heterocycles. The highest BCUT2D eigenvalue weighted by atomic mass is 35.5. The molecule has 4 N–H and O–H groups in total. The number of ether oxygens (including phenoxy) is 2. The van der Waals surface area contributed by atoms with Crippen LogP contribution in [0, 0.1) is 22.0 Å². The number of carbonyl (C=O) groups is 2. The van der Waals surface area contributed by atoms with Crippen molar-refractivity contribution in [2.45, 2.75) is 63.6 Å². The van der Waals surface area contributed by atoms with Crippen molar-refractivity contribution in [3.05, 3.63) is 99.1 Å². The summed E-state index contributed by atoms with van der Waals surface area (Å²) in [4.78, 5) is 39.0. The molecule has 0 bridgehead atoms. The maximum Gasteiger partial charge on any atom is 0.325 e. The van der Waals surface area contributed by atoms with Crippen molar-refractivity contribution in [2.75, 3.05) is 13.2 Å². The Kier molecular flexibility index (Phi) is 14.8. The summed E-state index contributed by atoms with van der Waals surface area (Å²) in [6, 6.07) is 13.5. The van der Waals surface area contributed by atoms with Crippen LogP contribution in [0.4, 0.5) is 0 Å². The number of unbranched alkanes of at least 4 members (excludes halogenated alkanes) is 1. The number of carbonyl (C=O) groups excluding carboxylic acids is 2. The minimum atomic E-state index is -0.905. The van der Waals surface area contributed by atoms with Gasteiger partial charge in [-0.25, -0.2) is 0 Å². The van der Waals surface area contributed by atoms with Gasteiger partial charge in [0, 0.05) is 23.8 Å². The molecule has 0 aromatic heterocycles. The predicted octanol–water partition coefficient (Wildman–Crippen LogP) is 3.68. The third kappa shape index (κ3) is 12.9. The minimum Gasteiger partial charge on any atom is -0.491 e. The zero-order chi connectivity index (χ0) is 32.6. The van der Waals surface area contributed by atoms with Gasteiger partial charge in [-0.3, -0.25) is 9.59 Å². The fourth-order valence-electron chi connectivity index (χ4n) is 4.94. The van der Waals surface area contributed by atoms with Gasteiger partial charge in [-0.15, -0.1) is 10.1 Å². The molecule has 1 aliphatic carbocycles. The molecule has 12 nitrogen and oxygen atoms in total. The second kappa shape index (κ2) is 18.7. The average molecular weight is 647 g/mol. The van der Waals surface area contributed by atoms with E-state index >= 15 is 0 Å². The third-order valence-corrected chi connectivity index (χ3v) is 7.54. The first-order valence-corrected chi connectivity index (χ1v) is 15.0. The summed E-state index contributed by atoms with van der Waals surface area (Å²) in [6.45, 7) is -0.668. The van der Waals surface area contributed by atoms with Gasteiger partial charge in [0.15, 0.2) is 0 Å². The summed E-state index contributed by atoms with van der Waals surface area (Å²) in [5, 5.41) is 43.8. The number of rotatable bonds is 18. The van der Waals surface area contributed by atoms with Crippen LogP contribution in [-0.4, -0.2) is 63.7 Å². The number of aliphatic hydroxyl groups excluding tert-OH is 3. The van der Waals surface area contributed by atoms with Crippen LogP contribution in [0.1, 0.15) is 43.2 Å². The molecule has 1 amide bonds. The number of hydrogen-bond donors (Lipinski definition) is 4. The standard InChI is InChI=1S/C32H39ClN2O10/c33-24-10-7-11-26(16-24)43-21-25(36)14-15-28-27(29(37)17-30(28)38)12-3-1-2-4-13-31(39)34-18-32(40)44-19-22-8-5-6-9-23(22)20-45-35(41)42/h1,3,5-11,14-16,25,27-30,36-38H,2,4,12-13,17-21H2,(H,34,39)/b3-1-,15-14+/t25-,27-,28-,29+,30-/m1/s1. The quantitative estimate of drug-likeness (QED) is 0.0614. The van der Waals surface area contributed by atoms with Gasteiger partial charge >= 0.3 is 5.97 Å². The number of esters is 1. The Hall–Kier alpha value is -3.97. The van der Waals surface area contributed by atoms with E-state index in [-0.39, 0.29) is 57.0 Å². The topological polar surface area (TPSA) is 178 Å². The molecule has 13 heteroatoms. The summed E-state index contributed by atoms with van der Waals surface area (Å²) >= 11 is 5.94. The Balaban J connectivity index is 1.32. The summed E-state index contributed by atoms with van der Waals surface area (Å²) in [5.74, 6) is -0.977. The molecule has 0 aliphatic heterocycles. The Morgan fingerprint density at radius 3 is 2.58 bits per heavy atom. The second-order valence-corrected chi connectivity index (χ2v) is 11.1. The first kappa shape index (κ1) is 35.5. The molecule has 1 aliphatic rings. The maximum absolute atomic E-state index is 12.1. The number of allylic oxidation sites excluding steroid dienone is 2. The SMILES string of the molecule is O=C(CCC/C=C\C[C@@H]1[C@@H](/C=C/[C@@H](O)COc2cccc(Cl)c2)[C@H](O)C[C@@H]1O)NCC(=O)OCc1ccccc1CO[N+](=O)[O-]. The van der Waals surface area contributed by atoms with Gasteiger partial charge in [0.1, 0.15) is 38.2 Å². The van der Waals surface area contributed by atoms with Gasteiger partial charge in [0.2, 0.25) is 5.91 Å². The lowest BCUT2D eigenvalue weighted by molar-refractivity contribution is -0.763. The third-order valence-electron chi connectivity index (χ3n) is 7.30. The molecule has 0 unspecified atom stereocenters. The Labute approximate surface area is 266 Å². The molecule has 2 aromatic carbocycles. The van der Waals surface area contributed by atoms with Crippen LogP contribution in [0.5, 0.6) is 5.75 Å². The van der Waals surface area contributed by atoms with E-state index in [0.29, 0.717) is 41.2 Å². The Bertz CT molecular complexity index is 1320. The normalized spacial score (nSPS) is 20.3. The second-order valence-electron chi connectivity index (χ2n) is 10.6. The lowest BCUT2D eigenvalue weighted by Crippen LogP contribution is -2.30. The molecular formula is C32H39ClN2O10. The summed E-state index contributed by atoms with van der Waals surface area (Å²) < 4.78 is 10.7. The number of halogens is 1. The van der Waals surface area contributed by atoms with E-state index < -0.39 is 29.4 Å². The highest BCUT2D eigenvalue weighted by Crippen LogP contribution is 2.36. The Morgan fingerprint density at radius 1 is 1.09 bits per heavy atom. The fourth-order valence-corrected chi connectivity index (χ4v) is 5.12. The summed E-state index contributed by atoms with van der Waals surface area (Å²) in [6.07, 6.45) is 6.89. The smallest absolute Gasteiger partial charge is 0.325 e. The predicted molar refractivity (Wildman–Crippen MR) is 164 cm³/mol. The number of amides is 1. The van der Waals surface area contributed by atoms with E-state index in [0.717, 1.165) is 0 Å². The minimum absolute atomic E-state index is 0.0136. The van der Waals surface area contributed by atoms with Crippen molar-refractivity contribution < 1.29 is 44.3 Å². The Morgan fingerprint density at radius 2 is 1.84 bits per heavy atom. The summed E-state index contributed by atoms with van der Waals surface area (Å²) in [5.41, 5.74) is 1.07. The zero-order valence-electron chi connectivity index (χ0n) is 24.7. The summed E-state index contributed by atoms with van der Waals surface area (Å²) in [7, 11) is 0. The van der Waals surface area contributed by atoms with Crippen LogP contribution in [0.15, 0.2) is 72.8 Å². The lowest BCUT2D eigenvalue weighted by atomic mass is 9.89. The number of aliphatic hydroxyl groups is 3. The molecule has 244 valence electrons. The number of nitrogens with one attached hydrogen (secondary N) is 1. The molecule has 1 saturated carbocycles. The van der Waals surface area contributed by atoms with Crippen molar-refractivity contribution in [3.8, 4) is 5.75 Å². The molecule has 3 rings (SSSR count). The molecule has 2 aromatic rings. The van der Waals surface area contributed by atoms with Crippen LogP contribution in [0.2, 0.25) is 5.02 Å². The van der Waals surface area contributed by atoms with Gasteiger partial charge < -0.3 is 34.9 Å². The highest BCUT2D eigenvalue weighted by molar-refractivity contribution is 6.30. The van der Waals surface area contributed by atoms with Crippen LogP contribution in [0.25, 0.3) is 0 Å². The van der Waals surface area contributed by atoms with Crippen molar-refractivity contribution in [1.82, 2.24) is 5.32 Å². The van der Waals surface area contributed by atoms with Crippen molar-refractivity contribution in [3.63, 3.8) is 0 Å². The molecular weight excluding hydrogens is 608 g/mol. The van der Waals surface area contributed by atoms with Gasteiger partial charge in [-0.05, 0) is 54.5 Å². The fraction of sp³-hybridized carbons (Fsp3) is 0.438.